The Morgan fingerprint density at radius 1 is 1.36 bits per heavy atom. The van der Waals surface area contributed by atoms with Crippen molar-refractivity contribution in [1.29, 1.82) is 0 Å². The highest BCUT2D eigenvalue weighted by Gasteiger charge is 2.53. The summed E-state index contributed by atoms with van der Waals surface area (Å²) in [7, 11) is -3.97. The maximum absolute atomic E-state index is 12.9. The molecule has 0 saturated carbocycles. The largest absolute Gasteiger partial charge is 0.619 e. The zero-order valence-corrected chi connectivity index (χ0v) is 16.2. The van der Waals surface area contributed by atoms with Crippen LogP contribution in [0.2, 0.25) is 0 Å². The van der Waals surface area contributed by atoms with E-state index in [0.29, 0.717) is 11.2 Å². The fraction of sp³-hybridized carbons (Fsp3) is 0.529. The number of carbonyl (C=O) groups excluding carboxylic acids is 3. The first-order chi connectivity index (χ1) is 13.1. The molecule has 3 heterocycles. The summed E-state index contributed by atoms with van der Waals surface area (Å²) in [6.07, 6.45) is 2.84. The van der Waals surface area contributed by atoms with Crippen LogP contribution in [0, 0.1) is 11.1 Å². The molecule has 0 aliphatic carbocycles. The summed E-state index contributed by atoms with van der Waals surface area (Å²) in [5.74, 6) is -1.58. The fourth-order valence-electron chi connectivity index (χ4n) is 3.71. The number of primary amides is 1. The zero-order valence-electron chi connectivity index (χ0n) is 15.4. The average molecular weight is 410 g/mol. The first-order valence-electron chi connectivity index (χ1n) is 8.95. The molecule has 2 saturated heterocycles. The van der Waals surface area contributed by atoms with E-state index in [1.54, 1.807) is 6.92 Å². The van der Waals surface area contributed by atoms with Gasteiger partial charge in [0.05, 0.1) is 17.5 Å². The Morgan fingerprint density at radius 2 is 2.00 bits per heavy atom. The normalized spacial score (nSPS) is 23.6. The van der Waals surface area contributed by atoms with Crippen LogP contribution in [0.4, 0.5) is 0 Å². The molecule has 0 bridgehead atoms. The Hall–Kier alpha value is -2.53. The van der Waals surface area contributed by atoms with Crippen molar-refractivity contribution in [1.82, 2.24) is 9.21 Å². The summed E-state index contributed by atoms with van der Waals surface area (Å²) < 4.78 is 27.4. The number of likely N-dealkylation sites (tertiary alicyclic amines) is 1. The van der Waals surface area contributed by atoms with Crippen molar-refractivity contribution in [2.45, 2.75) is 43.2 Å². The minimum Gasteiger partial charge on any atom is -0.619 e. The fourth-order valence-corrected chi connectivity index (χ4v) is 5.32. The van der Waals surface area contributed by atoms with Crippen LogP contribution in [0.5, 0.6) is 0 Å². The van der Waals surface area contributed by atoms with Gasteiger partial charge in [-0.3, -0.25) is 14.4 Å². The molecular formula is C17H22N4O6S. The van der Waals surface area contributed by atoms with E-state index in [-0.39, 0.29) is 42.5 Å². The molecule has 1 aromatic heterocycles. The van der Waals surface area contributed by atoms with E-state index < -0.39 is 33.9 Å². The highest BCUT2D eigenvalue weighted by molar-refractivity contribution is 7.89. The van der Waals surface area contributed by atoms with Gasteiger partial charge in [-0.25, -0.2) is 8.42 Å². The van der Waals surface area contributed by atoms with E-state index in [9.17, 15) is 28.0 Å². The molecule has 2 aliphatic rings. The van der Waals surface area contributed by atoms with Crippen molar-refractivity contribution in [3.05, 3.63) is 29.7 Å². The van der Waals surface area contributed by atoms with E-state index >= 15 is 0 Å². The topological polar surface area (TPSA) is 145 Å². The lowest BCUT2D eigenvalue weighted by Crippen LogP contribution is -2.43. The van der Waals surface area contributed by atoms with E-state index in [1.165, 1.54) is 17.0 Å². The van der Waals surface area contributed by atoms with Gasteiger partial charge in [0.2, 0.25) is 21.8 Å². The van der Waals surface area contributed by atoms with Gasteiger partial charge in [0.25, 0.3) is 0 Å². The van der Waals surface area contributed by atoms with E-state index in [1.807, 2.05) is 0 Å². The molecule has 3 atom stereocenters. The van der Waals surface area contributed by atoms with E-state index in [2.05, 4.69) is 0 Å². The number of nitrogens with zero attached hydrogens (tertiary/aromatic N) is 3. The number of hydrogen-bond acceptors (Lipinski definition) is 6. The van der Waals surface area contributed by atoms with Gasteiger partial charge in [0, 0.05) is 31.0 Å². The number of nitrogens with two attached hydrogens (primary N) is 1. The van der Waals surface area contributed by atoms with Crippen LogP contribution in [0.15, 0.2) is 29.4 Å². The van der Waals surface area contributed by atoms with E-state index in [4.69, 9.17) is 5.73 Å². The van der Waals surface area contributed by atoms with Crippen LogP contribution in [0.25, 0.3) is 0 Å². The SMILES string of the molecule is CC(CCC(=O)N1CCC2C1C(=O)CN2S(=O)(=O)c1cc[n+]([O-])cc1)C(N)=O. The lowest BCUT2D eigenvalue weighted by Gasteiger charge is -2.24. The molecule has 2 aliphatic heterocycles. The predicted octanol–water partition coefficient (Wildman–Crippen LogP) is -1.24. The zero-order chi connectivity index (χ0) is 20.6. The molecule has 2 N–H and O–H groups in total. The molecular weight excluding hydrogens is 388 g/mol. The van der Waals surface area contributed by atoms with Crippen LogP contribution in [-0.4, -0.2) is 60.4 Å². The lowest BCUT2D eigenvalue weighted by molar-refractivity contribution is -0.605. The van der Waals surface area contributed by atoms with Crippen molar-refractivity contribution in [2.75, 3.05) is 13.1 Å². The number of rotatable bonds is 6. The molecule has 0 spiro atoms. The van der Waals surface area contributed by atoms with Crippen LogP contribution < -0.4 is 10.5 Å². The van der Waals surface area contributed by atoms with E-state index in [0.717, 1.165) is 16.7 Å². The second-order valence-electron chi connectivity index (χ2n) is 7.14. The monoisotopic (exact) mass is 410 g/mol. The second-order valence-corrected chi connectivity index (χ2v) is 9.03. The molecule has 2 fully saturated rings. The van der Waals surface area contributed by atoms with Crippen molar-refractivity contribution in [2.24, 2.45) is 11.7 Å². The molecule has 11 heteroatoms. The number of carbonyl (C=O) groups is 3. The minimum absolute atomic E-state index is 0.0650. The Balaban J connectivity index is 1.76. The van der Waals surface area contributed by atoms with Crippen molar-refractivity contribution >= 4 is 27.6 Å². The maximum atomic E-state index is 12.9. The summed E-state index contributed by atoms with van der Waals surface area (Å²) in [5, 5.41) is 11.2. The van der Waals surface area contributed by atoms with Gasteiger partial charge < -0.3 is 15.8 Å². The molecule has 3 rings (SSSR count). The number of hydrogen-bond donors (Lipinski definition) is 1. The van der Waals surface area contributed by atoms with Gasteiger partial charge in [-0.15, -0.1) is 0 Å². The number of pyridine rings is 1. The smallest absolute Gasteiger partial charge is 0.244 e. The van der Waals surface area contributed by atoms with Gasteiger partial charge in [-0.05, 0) is 12.8 Å². The molecule has 3 unspecified atom stereocenters. The maximum Gasteiger partial charge on any atom is 0.244 e. The van der Waals surface area contributed by atoms with Gasteiger partial charge in [-0.2, -0.15) is 9.04 Å². The van der Waals surface area contributed by atoms with Crippen LogP contribution in [0.1, 0.15) is 26.2 Å². The van der Waals surface area contributed by atoms with Gasteiger partial charge >= 0.3 is 0 Å². The van der Waals surface area contributed by atoms with Crippen molar-refractivity contribution < 1.29 is 27.5 Å². The number of Topliss-reactive ketones (excluding diaryl/α,β-unsaturated/α-hetero) is 1. The van der Waals surface area contributed by atoms with Gasteiger partial charge in [-0.1, -0.05) is 6.92 Å². The molecule has 1 aromatic rings. The Morgan fingerprint density at radius 3 is 2.61 bits per heavy atom. The molecule has 28 heavy (non-hydrogen) atoms. The van der Waals surface area contributed by atoms with Crippen molar-refractivity contribution in [3.8, 4) is 0 Å². The second kappa shape index (κ2) is 7.47. The predicted molar refractivity (Wildman–Crippen MR) is 95.8 cm³/mol. The van der Waals surface area contributed by atoms with Crippen LogP contribution in [-0.2, 0) is 24.4 Å². The third-order valence-electron chi connectivity index (χ3n) is 5.35. The lowest BCUT2D eigenvalue weighted by atomic mass is 10.0. The van der Waals surface area contributed by atoms with Crippen molar-refractivity contribution in [3.63, 3.8) is 0 Å². The Labute approximate surface area is 162 Å². The molecule has 0 radical (unpaired) electrons. The first kappa shape index (κ1) is 20.2. The van der Waals surface area contributed by atoms with Gasteiger partial charge in [0.1, 0.15) is 6.04 Å². The first-order valence-corrected chi connectivity index (χ1v) is 10.4. The number of amides is 2. The minimum atomic E-state index is -3.97. The highest BCUT2D eigenvalue weighted by Crippen LogP contribution is 2.34. The Bertz CT molecular complexity index is 901. The van der Waals surface area contributed by atoms with Crippen LogP contribution in [0.3, 0.4) is 0 Å². The molecule has 152 valence electrons. The summed E-state index contributed by atoms with van der Waals surface area (Å²) in [6.45, 7) is 1.58. The number of aromatic nitrogens is 1. The molecule has 10 nitrogen and oxygen atoms in total. The number of sulfonamides is 1. The summed E-state index contributed by atoms with van der Waals surface area (Å²) in [5.41, 5.74) is 5.20. The summed E-state index contributed by atoms with van der Waals surface area (Å²) in [6, 6.07) is 0.917. The average Bonchev–Trinajstić information content (AvgIpc) is 3.21. The quantitative estimate of drug-likeness (QED) is 0.459. The third-order valence-corrected chi connectivity index (χ3v) is 7.24. The highest BCUT2D eigenvalue weighted by atomic mass is 32.2. The number of ketones is 1. The summed E-state index contributed by atoms with van der Waals surface area (Å²) >= 11 is 0. The number of fused-ring (bicyclic) bond motifs is 1. The summed E-state index contributed by atoms with van der Waals surface area (Å²) in [4.78, 5) is 37.5. The standard InChI is InChI=1S/C17H22N4O6S/c1-11(17(18)24)2-3-15(23)20-9-6-13-16(20)14(22)10-21(13)28(26,27)12-4-7-19(25)8-5-12/h4-5,7-8,11,13,16H,2-3,6,9-10H2,1H3,(H2,18,24). The van der Waals surface area contributed by atoms with Crippen LogP contribution >= 0.6 is 0 Å². The Kier molecular flexibility index (Phi) is 5.39. The molecule has 0 aromatic carbocycles. The molecule has 2 amide bonds. The van der Waals surface area contributed by atoms with Gasteiger partial charge in [0.15, 0.2) is 18.2 Å². The third kappa shape index (κ3) is 3.59.